The van der Waals surface area contributed by atoms with Crippen LogP contribution in [0, 0.1) is 19.7 Å². The van der Waals surface area contributed by atoms with Crippen LogP contribution in [-0.2, 0) is 6.42 Å². The molecular formula is C25H26ClFN4OS. The van der Waals surface area contributed by atoms with Crippen molar-refractivity contribution in [3.8, 4) is 10.4 Å². The molecule has 1 unspecified atom stereocenters. The van der Waals surface area contributed by atoms with E-state index in [9.17, 15) is 9.18 Å². The molecule has 3 aromatic heterocycles. The number of carbonyl (C=O) groups excluding carboxylic acids is 1. The molecule has 0 radical (unpaired) electrons. The highest BCUT2D eigenvalue weighted by atomic mass is 35.5. The number of nitrogens with zero attached hydrogens (tertiary/aromatic N) is 4. The van der Waals surface area contributed by atoms with Gasteiger partial charge < -0.3 is 9.30 Å². The van der Waals surface area contributed by atoms with Gasteiger partial charge in [-0.1, -0.05) is 30.3 Å². The first-order valence-corrected chi connectivity index (χ1v) is 11.8. The van der Waals surface area contributed by atoms with Gasteiger partial charge in [-0.15, -0.1) is 23.7 Å². The second-order valence-corrected chi connectivity index (χ2v) is 9.53. The Balaban J connectivity index is 0.00000259. The van der Waals surface area contributed by atoms with Crippen molar-refractivity contribution in [2.75, 3.05) is 6.54 Å². The molecule has 0 bridgehead atoms. The molecule has 0 aliphatic carbocycles. The van der Waals surface area contributed by atoms with Gasteiger partial charge in [0.25, 0.3) is 5.91 Å². The number of benzene rings is 1. The number of aryl methyl sites for hydroxylation is 2. The SMILES string of the molecule is Cc1nc(C(=O)N2CCCCC2Cc2nc3c(F)cccn3c2C)c(-c2ccccc2)s1.Cl. The third kappa shape index (κ3) is 4.39. The molecule has 4 heterocycles. The van der Waals surface area contributed by atoms with E-state index in [-0.39, 0.29) is 30.2 Å². The summed E-state index contributed by atoms with van der Waals surface area (Å²) in [6.45, 7) is 4.60. The van der Waals surface area contributed by atoms with Gasteiger partial charge in [-0.05, 0) is 50.8 Å². The van der Waals surface area contributed by atoms with Gasteiger partial charge in [0.1, 0.15) is 5.69 Å². The van der Waals surface area contributed by atoms with E-state index >= 15 is 0 Å². The maximum atomic E-state index is 14.2. The number of hydrogen-bond acceptors (Lipinski definition) is 4. The molecule has 33 heavy (non-hydrogen) atoms. The highest BCUT2D eigenvalue weighted by Gasteiger charge is 2.32. The number of amides is 1. The standard InChI is InChI=1S/C25H25FN4OS.ClH/c1-16-21(28-24-20(26)12-8-14-29(16)24)15-19-11-6-7-13-30(19)25(31)22-23(32-17(2)27-22)18-9-4-3-5-10-18;/h3-5,8-10,12,14,19H,6-7,11,13,15H2,1-2H3;1H. The number of pyridine rings is 1. The van der Waals surface area contributed by atoms with Crippen LogP contribution < -0.4 is 0 Å². The number of likely N-dealkylation sites (tertiary alicyclic amines) is 1. The Morgan fingerprint density at radius 2 is 1.91 bits per heavy atom. The summed E-state index contributed by atoms with van der Waals surface area (Å²) in [5, 5.41) is 0.882. The number of piperidine rings is 1. The van der Waals surface area contributed by atoms with Crippen molar-refractivity contribution < 1.29 is 9.18 Å². The minimum Gasteiger partial charge on any atom is -0.334 e. The Morgan fingerprint density at radius 3 is 2.67 bits per heavy atom. The largest absolute Gasteiger partial charge is 0.334 e. The number of hydrogen-bond donors (Lipinski definition) is 0. The lowest BCUT2D eigenvalue weighted by atomic mass is 9.96. The van der Waals surface area contributed by atoms with Crippen LogP contribution in [0.4, 0.5) is 4.39 Å². The van der Waals surface area contributed by atoms with Crippen LogP contribution in [0.5, 0.6) is 0 Å². The Kier molecular flexibility index (Phi) is 6.81. The fourth-order valence-electron chi connectivity index (χ4n) is 4.59. The van der Waals surface area contributed by atoms with Crippen LogP contribution in [0.25, 0.3) is 16.1 Å². The third-order valence-corrected chi connectivity index (χ3v) is 7.25. The number of imidazole rings is 1. The van der Waals surface area contributed by atoms with Crippen LogP contribution >= 0.6 is 23.7 Å². The minimum atomic E-state index is -0.330. The number of fused-ring (bicyclic) bond motifs is 1. The molecule has 172 valence electrons. The summed E-state index contributed by atoms with van der Waals surface area (Å²) in [7, 11) is 0. The van der Waals surface area contributed by atoms with Crippen molar-refractivity contribution in [3.05, 3.63) is 76.6 Å². The van der Waals surface area contributed by atoms with Gasteiger partial charge in [-0.25, -0.2) is 14.4 Å². The quantitative estimate of drug-likeness (QED) is 0.364. The average molecular weight is 485 g/mol. The van der Waals surface area contributed by atoms with Crippen LogP contribution in [0.2, 0.25) is 0 Å². The molecule has 8 heteroatoms. The normalized spacial score (nSPS) is 16.1. The van der Waals surface area contributed by atoms with E-state index in [1.807, 2.05) is 55.3 Å². The van der Waals surface area contributed by atoms with Gasteiger partial charge in [0.15, 0.2) is 11.5 Å². The van der Waals surface area contributed by atoms with Crippen LogP contribution in [0.3, 0.4) is 0 Å². The number of thiazole rings is 1. The molecule has 0 spiro atoms. The molecule has 5 rings (SSSR count). The molecule has 5 nitrogen and oxygen atoms in total. The first-order valence-electron chi connectivity index (χ1n) is 11.0. The molecule has 1 atom stereocenters. The molecule has 1 aromatic carbocycles. The summed E-state index contributed by atoms with van der Waals surface area (Å²) < 4.78 is 16.0. The maximum absolute atomic E-state index is 14.2. The summed E-state index contributed by atoms with van der Waals surface area (Å²) >= 11 is 1.56. The zero-order valence-electron chi connectivity index (χ0n) is 18.6. The predicted molar refractivity (Wildman–Crippen MR) is 132 cm³/mol. The van der Waals surface area contributed by atoms with Crippen molar-refractivity contribution in [1.29, 1.82) is 0 Å². The molecule has 1 fully saturated rings. The summed E-state index contributed by atoms with van der Waals surface area (Å²) in [6, 6.07) is 13.1. The Hall–Kier alpha value is -2.77. The van der Waals surface area contributed by atoms with Crippen LogP contribution in [-0.4, -0.2) is 37.8 Å². The Labute approximate surface area is 202 Å². The smallest absolute Gasteiger partial charge is 0.274 e. The van der Waals surface area contributed by atoms with Gasteiger partial charge in [0.05, 0.1) is 15.6 Å². The summed E-state index contributed by atoms with van der Waals surface area (Å²) in [5.41, 5.74) is 3.66. The zero-order chi connectivity index (χ0) is 22.2. The van der Waals surface area contributed by atoms with E-state index < -0.39 is 0 Å². The van der Waals surface area contributed by atoms with Gasteiger partial charge in [0.2, 0.25) is 0 Å². The van der Waals surface area contributed by atoms with Crippen LogP contribution in [0.15, 0.2) is 48.7 Å². The lowest BCUT2D eigenvalue weighted by Crippen LogP contribution is -2.45. The second kappa shape index (κ2) is 9.61. The Morgan fingerprint density at radius 1 is 1.12 bits per heavy atom. The molecule has 1 aliphatic heterocycles. The molecule has 0 N–H and O–H groups in total. The van der Waals surface area contributed by atoms with Crippen molar-refractivity contribution in [2.45, 2.75) is 45.6 Å². The average Bonchev–Trinajstić information content (AvgIpc) is 3.36. The number of carbonyl (C=O) groups is 1. The summed E-state index contributed by atoms with van der Waals surface area (Å²) in [4.78, 5) is 25.8. The molecule has 1 amide bonds. The summed E-state index contributed by atoms with van der Waals surface area (Å²) in [6.07, 6.45) is 5.40. The lowest BCUT2D eigenvalue weighted by molar-refractivity contribution is 0.0607. The highest BCUT2D eigenvalue weighted by molar-refractivity contribution is 7.15. The third-order valence-electron chi connectivity index (χ3n) is 6.23. The first kappa shape index (κ1) is 23.4. The molecular weight excluding hydrogens is 459 g/mol. The van der Waals surface area contributed by atoms with E-state index in [4.69, 9.17) is 0 Å². The van der Waals surface area contributed by atoms with Gasteiger partial charge in [-0.3, -0.25) is 4.79 Å². The van der Waals surface area contributed by atoms with E-state index in [1.54, 1.807) is 21.8 Å². The number of rotatable bonds is 4. The predicted octanol–water partition coefficient (Wildman–Crippen LogP) is 5.87. The number of aromatic nitrogens is 3. The van der Waals surface area contributed by atoms with E-state index in [2.05, 4.69) is 9.97 Å². The maximum Gasteiger partial charge on any atom is 0.274 e. The molecule has 0 saturated carbocycles. The topological polar surface area (TPSA) is 50.5 Å². The molecule has 4 aromatic rings. The second-order valence-electron chi connectivity index (χ2n) is 8.32. The van der Waals surface area contributed by atoms with Crippen molar-refractivity contribution in [1.82, 2.24) is 19.3 Å². The van der Waals surface area contributed by atoms with Gasteiger partial charge >= 0.3 is 0 Å². The highest BCUT2D eigenvalue weighted by Crippen LogP contribution is 2.33. The van der Waals surface area contributed by atoms with Crippen molar-refractivity contribution in [3.63, 3.8) is 0 Å². The summed E-state index contributed by atoms with van der Waals surface area (Å²) in [5.74, 6) is -0.352. The lowest BCUT2D eigenvalue weighted by Gasteiger charge is -2.35. The molecule has 1 aliphatic rings. The molecule has 1 saturated heterocycles. The van der Waals surface area contributed by atoms with Crippen molar-refractivity contribution >= 4 is 35.3 Å². The zero-order valence-corrected chi connectivity index (χ0v) is 20.3. The fourth-order valence-corrected chi connectivity index (χ4v) is 5.51. The van der Waals surface area contributed by atoms with Crippen molar-refractivity contribution in [2.24, 2.45) is 0 Å². The van der Waals surface area contributed by atoms with E-state index in [0.717, 1.165) is 46.1 Å². The van der Waals surface area contributed by atoms with Gasteiger partial charge in [0, 0.05) is 30.9 Å². The van der Waals surface area contributed by atoms with E-state index in [0.29, 0.717) is 24.3 Å². The first-order chi connectivity index (χ1) is 15.5. The monoisotopic (exact) mass is 484 g/mol. The number of halogens is 2. The van der Waals surface area contributed by atoms with E-state index in [1.165, 1.54) is 6.07 Å². The Bertz CT molecular complexity index is 1290. The minimum absolute atomic E-state index is 0. The van der Waals surface area contributed by atoms with Gasteiger partial charge in [-0.2, -0.15) is 0 Å². The fraction of sp³-hybridized carbons (Fsp3) is 0.320. The van der Waals surface area contributed by atoms with Crippen LogP contribution in [0.1, 0.15) is 46.1 Å².